The summed E-state index contributed by atoms with van der Waals surface area (Å²) in [6, 6.07) is 5.15. The summed E-state index contributed by atoms with van der Waals surface area (Å²) in [5, 5.41) is 9.54. The maximum atomic E-state index is 9.07. The predicted molar refractivity (Wildman–Crippen MR) is 69.1 cm³/mol. The molecule has 3 nitrogen and oxygen atoms in total. The van der Waals surface area contributed by atoms with Gasteiger partial charge in [0.2, 0.25) is 0 Å². The summed E-state index contributed by atoms with van der Waals surface area (Å²) in [7, 11) is 0. The van der Waals surface area contributed by atoms with Gasteiger partial charge in [-0.2, -0.15) is 0 Å². The first-order chi connectivity index (χ1) is 7.50. The summed E-state index contributed by atoms with van der Waals surface area (Å²) in [6.07, 6.45) is 0.183. The van der Waals surface area contributed by atoms with Crippen molar-refractivity contribution in [1.29, 1.82) is 0 Å². The molecule has 1 unspecified atom stereocenters. The van der Waals surface area contributed by atoms with E-state index in [1.54, 1.807) is 25.1 Å². The average molecular weight is 260 g/mol. The van der Waals surface area contributed by atoms with Gasteiger partial charge in [0.15, 0.2) is 0 Å². The van der Waals surface area contributed by atoms with Crippen LogP contribution in [0.2, 0.25) is 5.02 Å². The quantitative estimate of drug-likeness (QED) is 0.796. The third-order valence-electron chi connectivity index (χ3n) is 2.01. The summed E-state index contributed by atoms with van der Waals surface area (Å²) >= 11 is 10.8. The van der Waals surface area contributed by atoms with Crippen molar-refractivity contribution in [2.24, 2.45) is 5.73 Å². The number of aliphatic hydroxyl groups excluding tert-OH is 1. The lowest BCUT2D eigenvalue weighted by Crippen LogP contribution is -2.10. The molecule has 88 valence electrons. The molecule has 1 atom stereocenters. The Kier molecular flexibility index (Phi) is 4.99. The molecule has 0 aromatic heterocycles. The van der Waals surface area contributed by atoms with Gasteiger partial charge < -0.3 is 15.6 Å². The predicted octanol–water partition coefficient (Wildman–Crippen LogP) is 2.12. The van der Waals surface area contributed by atoms with E-state index >= 15 is 0 Å². The molecule has 0 aliphatic rings. The van der Waals surface area contributed by atoms with Crippen LogP contribution in [0, 0.1) is 0 Å². The lowest BCUT2D eigenvalue weighted by atomic mass is 10.2. The molecule has 1 rings (SSSR count). The van der Waals surface area contributed by atoms with E-state index in [1.165, 1.54) is 0 Å². The number of rotatable bonds is 5. The largest absolute Gasteiger partial charge is 0.492 e. The fraction of sp³-hybridized carbons (Fsp3) is 0.364. The van der Waals surface area contributed by atoms with Crippen LogP contribution in [0.15, 0.2) is 18.2 Å². The third kappa shape index (κ3) is 3.96. The number of hydrogen-bond donors (Lipinski definition) is 2. The van der Waals surface area contributed by atoms with Crippen LogP contribution in [0.25, 0.3) is 0 Å². The summed E-state index contributed by atoms with van der Waals surface area (Å²) in [5.41, 5.74) is 6.18. The van der Waals surface area contributed by atoms with Crippen LogP contribution in [-0.4, -0.2) is 22.8 Å². The van der Waals surface area contributed by atoms with Crippen molar-refractivity contribution in [3.63, 3.8) is 0 Å². The van der Waals surface area contributed by atoms with Gasteiger partial charge in [-0.3, -0.25) is 0 Å². The van der Waals surface area contributed by atoms with Gasteiger partial charge in [0, 0.05) is 12.0 Å². The average Bonchev–Trinajstić information content (AvgIpc) is 2.19. The van der Waals surface area contributed by atoms with Crippen LogP contribution in [0.1, 0.15) is 18.9 Å². The number of ether oxygens (including phenoxy) is 1. The maximum absolute atomic E-state index is 9.07. The van der Waals surface area contributed by atoms with E-state index in [1.807, 2.05) is 0 Å². The molecule has 0 bridgehead atoms. The number of halogens is 1. The van der Waals surface area contributed by atoms with Gasteiger partial charge in [-0.25, -0.2) is 0 Å². The van der Waals surface area contributed by atoms with Crippen LogP contribution in [0.5, 0.6) is 5.75 Å². The molecular weight excluding hydrogens is 246 g/mol. The van der Waals surface area contributed by atoms with E-state index in [2.05, 4.69) is 0 Å². The molecule has 0 amide bonds. The second kappa shape index (κ2) is 6.03. The van der Waals surface area contributed by atoms with Crippen molar-refractivity contribution in [2.75, 3.05) is 6.61 Å². The first-order valence-corrected chi connectivity index (χ1v) is 5.69. The second-order valence-electron chi connectivity index (χ2n) is 3.50. The normalized spacial score (nSPS) is 12.2. The maximum Gasteiger partial charge on any atom is 0.137 e. The zero-order valence-electron chi connectivity index (χ0n) is 8.94. The van der Waals surface area contributed by atoms with Crippen LogP contribution < -0.4 is 10.5 Å². The molecule has 0 saturated heterocycles. The highest BCUT2D eigenvalue weighted by molar-refractivity contribution is 7.80. The molecule has 0 radical (unpaired) electrons. The van der Waals surface area contributed by atoms with E-state index in [0.29, 0.717) is 34.4 Å². The number of nitrogens with two attached hydrogens (primary N) is 1. The second-order valence-corrected chi connectivity index (χ2v) is 4.34. The monoisotopic (exact) mass is 259 g/mol. The Balaban J connectivity index is 2.64. The fourth-order valence-corrected chi connectivity index (χ4v) is 1.47. The summed E-state index contributed by atoms with van der Waals surface area (Å²) in [4.78, 5) is 0.303. The Bertz CT molecular complexity index is 382. The van der Waals surface area contributed by atoms with Crippen LogP contribution >= 0.6 is 23.8 Å². The van der Waals surface area contributed by atoms with Crippen molar-refractivity contribution in [1.82, 2.24) is 0 Å². The van der Waals surface area contributed by atoms with Crippen molar-refractivity contribution in [3.05, 3.63) is 28.8 Å². The minimum absolute atomic E-state index is 0.303. The Hall–Kier alpha value is -0.840. The molecule has 5 heteroatoms. The van der Waals surface area contributed by atoms with Gasteiger partial charge in [-0.05, 0) is 25.1 Å². The van der Waals surface area contributed by atoms with Crippen molar-refractivity contribution in [2.45, 2.75) is 19.4 Å². The Morgan fingerprint density at radius 3 is 2.81 bits per heavy atom. The topological polar surface area (TPSA) is 55.5 Å². The highest BCUT2D eigenvalue weighted by atomic mass is 35.5. The van der Waals surface area contributed by atoms with Gasteiger partial charge in [-0.1, -0.05) is 23.8 Å². The van der Waals surface area contributed by atoms with Crippen LogP contribution in [-0.2, 0) is 0 Å². The SMILES string of the molecule is CC(O)CCOc1ccc(C(N)=S)cc1Cl. The van der Waals surface area contributed by atoms with Gasteiger partial charge in [0.25, 0.3) is 0 Å². The number of hydrogen-bond acceptors (Lipinski definition) is 3. The lowest BCUT2D eigenvalue weighted by Gasteiger charge is -2.10. The smallest absolute Gasteiger partial charge is 0.137 e. The van der Waals surface area contributed by atoms with Gasteiger partial charge in [-0.15, -0.1) is 0 Å². The van der Waals surface area contributed by atoms with Crippen molar-refractivity contribution in [3.8, 4) is 5.75 Å². The van der Waals surface area contributed by atoms with Crippen molar-refractivity contribution >= 4 is 28.8 Å². The van der Waals surface area contributed by atoms with E-state index in [-0.39, 0.29) is 6.10 Å². The van der Waals surface area contributed by atoms with Gasteiger partial charge in [0.05, 0.1) is 17.7 Å². The van der Waals surface area contributed by atoms with Gasteiger partial charge in [0.1, 0.15) is 10.7 Å². The Morgan fingerprint density at radius 1 is 1.62 bits per heavy atom. The minimum atomic E-state index is -0.380. The van der Waals surface area contributed by atoms with E-state index < -0.39 is 0 Å². The number of aliphatic hydroxyl groups is 1. The molecule has 1 aromatic rings. The van der Waals surface area contributed by atoms with Gasteiger partial charge >= 0.3 is 0 Å². The summed E-state index contributed by atoms with van der Waals surface area (Å²) < 4.78 is 5.41. The summed E-state index contributed by atoms with van der Waals surface area (Å²) in [6.45, 7) is 2.13. The molecule has 0 fully saturated rings. The molecule has 0 heterocycles. The molecule has 0 spiro atoms. The molecule has 3 N–H and O–H groups in total. The minimum Gasteiger partial charge on any atom is -0.492 e. The molecular formula is C11H14ClNO2S. The zero-order valence-corrected chi connectivity index (χ0v) is 10.5. The lowest BCUT2D eigenvalue weighted by molar-refractivity contribution is 0.155. The first-order valence-electron chi connectivity index (χ1n) is 4.91. The van der Waals surface area contributed by atoms with E-state index in [0.717, 1.165) is 0 Å². The highest BCUT2D eigenvalue weighted by Gasteiger charge is 2.05. The van der Waals surface area contributed by atoms with Crippen molar-refractivity contribution < 1.29 is 9.84 Å². The van der Waals surface area contributed by atoms with E-state index in [9.17, 15) is 0 Å². The number of thiocarbonyl (C=S) groups is 1. The zero-order chi connectivity index (χ0) is 12.1. The summed E-state index contributed by atoms with van der Waals surface area (Å²) in [5.74, 6) is 0.572. The third-order valence-corrected chi connectivity index (χ3v) is 2.54. The number of benzene rings is 1. The fourth-order valence-electron chi connectivity index (χ4n) is 1.11. The molecule has 0 saturated carbocycles. The van der Waals surface area contributed by atoms with Crippen LogP contribution in [0.4, 0.5) is 0 Å². The molecule has 0 aliphatic heterocycles. The molecule has 1 aromatic carbocycles. The highest BCUT2D eigenvalue weighted by Crippen LogP contribution is 2.25. The van der Waals surface area contributed by atoms with E-state index in [4.69, 9.17) is 39.4 Å². The Morgan fingerprint density at radius 2 is 2.31 bits per heavy atom. The molecule has 16 heavy (non-hydrogen) atoms. The standard InChI is InChI=1S/C11H14ClNO2S/c1-7(14)4-5-15-10-3-2-8(11(13)16)6-9(10)12/h2-3,6-7,14H,4-5H2,1H3,(H2,13,16). The first kappa shape index (κ1) is 13.2. The molecule has 0 aliphatic carbocycles. The Labute approximate surface area is 105 Å². The van der Waals surface area contributed by atoms with Crippen LogP contribution in [0.3, 0.4) is 0 Å².